The van der Waals surface area contributed by atoms with Crippen LogP contribution in [0, 0.1) is 11.3 Å². The minimum atomic E-state index is -0.479. The first-order chi connectivity index (χ1) is 7.67. The first-order valence-corrected chi connectivity index (χ1v) is 4.76. The Morgan fingerprint density at radius 1 is 1.62 bits per heavy atom. The molecule has 0 unspecified atom stereocenters. The Bertz CT molecular complexity index is 464. The standard InChI is InChI=1S/C11H9ClN2O2/c1-16-11(15)4-5-14-10-6-9(12)3-2-8(10)7-13/h2-6,14H,1H3/b5-4+. The predicted molar refractivity (Wildman–Crippen MR) is 60.9 cm³/mol. The van der Waals surface area contributed by atoms with Gasteiger partial charge in [-0.05, 0) is 18.2 Å². The second-order valence-electron chi connectivity index (χ2n) is 2.80. The lowest BCUT2D eigenvalue weighted by atomic mass is 10.2. The van der Waals surface area contributed by atoms with E-state index in [0.29, 0.717) is 16.3 Å². The van der Waals surface area contributed by atoms with Gasteiger partial charge in [-0.3, -0.25) is 0 Å². The van der Waals surface area contributed by atoms with E-state index in [1.807, 2.05) is 6.07 Å². The maximum Gasteiger partial charge on any atom is 0.331 e. The fourth-order valence-electron chi connectivity index (χ4n) is 1.00. The van der Waals surface area contributed by atoms with Crippen LogP contribution in [0.2, 0.25) is 5.02 Å². The number of ether oxygens (including phenoxy) is 1. The van der Waals surface area contributed by atoms with E-state index in [-0.39, 0.29) is 0 Å². The van der Waals surface area contributed by atoms with E-state index in [2.05, 4.69) is 10.1 Å². The van der Waals surface area contributed by atoms with Crippen molar-refractivity contribution in [2.45, 2.75) is 0 Å². The molecule has 0 bridgehead atoms. The van der Waals surface area contributed by atoms with Gasteiger partial charge in [0.1, 0.15) is 6.07 Å². The average molecular weight is 237 g/mol. The zero-order chi connectivity index (χ0) is 12.0. The largest absolute Gasteiger partial charge is 0.466 e. The molecule has 1 aromatic carbocycles. The molecule has 4 nitrogen and oxygen atoms in total. The van der Waals surface area contributed by atoms with Gasteiger partial charge in [-0.15, -0.1) is 0 Å². The van der Waals surface area contributed by atoms with Crippen molar-refractivity contribution in [3.8, 4) is 6.07 Å². The molecule has 0 heterocycles. The molecule has 1 aromatic rings. The van der Waals surface area contributed by atoms with Gasteiger partial charge in [0.15, 0.2) is 0 Å². The van der Waals surface area contributed by atoms with Crippen LogP contribution in [0.4, 0.5) is 5.69 Å². The zero-order valence-corrected chi connectivity index (χ0v) is 9.28. The Morgan fingerprint density at radius 2 is 2.38 bits per heavy atom. The summed E-state index contributed by atoms with van der Waals surface area (Å²) in [5, 5.41) is 12.1. The predicted octanol–water partition coefficient (Wildman–Crippen LogP) is 2.31. The molecule has 0 aliphatic carbocycles. The number of hydrogen-bond donors (Lipinski definition) is 1. The van der Waals surface area contributed by atoms with Gasteiger partial charge < -0.3 is 10.1 Å². The summed E-state index contributed by atoms with van der Waals surface area (Å²) < 4.78 is 4.41. The molecule has 16 heavy (non-hydrogen) atoms. The Hall–Kier alpha value is -1.99. The van der Waals surface area contributed by atoms with Crippen LogP contribution in [0.15, 0.2) is 30.5 Å². The average Bonchev–Trinajstić information content (AvgIpc) is 2.29. The van der Waals surface area contributed by atoms with Gasteiger partial charge in [-0.2, -0.15) is 5.26 Å². The van der Waals surface area contributed by atoms with Gasteiger partial charge in [-0.25, -0.2) is 4.79 Å². The molecular formula is C11H9ClN2O2. The van der Waals surface area contributed by atoms with Crippen molar-refractivity contribution in [3.63, 3.8) is 0 Å². The third-order valence-electron chi connectivity index (χ3n) is 1.76. The van der Waals surface area contributed by atoms with Crippen molar-refractivity contribution in [3.05, 3.63) is 41.1 Å². The lowest BCUT2D eigenvalue weighted by Gasteiger charge is -2.03. The molecule has 82 valence electrons. The van der Waals surface area contributed by atoms with Gasteiger partial charge in [0.2, 0.25) is 0 Å². The summed E-state index contributed by atoms with van der Waals surface area (Å²) in [6.07, 6.45) is 2.60. The molecule has 0 aromatic heterocycles. The van der Waals surface area contributed by atoms with Crippen LogP contribution in [0.25, 0.3) is 0 Å². The summed E-state index contributed by atoms with van der Waals surface area (Å²) in [5.74, 6) is -0.479. The van der Waals surface area contributed by atoms with E-state index in [1.165, 1.54) is 19.4 Å². The van der Waals surface area contributed by atoms with Gasteiger partial charge in [0.25, 0.3) is 0 Å². The van der Waals surface area contributed by atoms with Gasteiger partial charge in [-0.1, -0.05) is 11.6 Å². The molecule has 1 N–H and O–H groups in total. The molecule has 0 amide bonds. The molecule has 1 rings (SSSR count). The number of rotatable bonds is 3. The number of halogens is 1. The van der Waals surface area contributed by atoms with Gasteiger partial charge in [0, 0.05) is 17.3 Å². The SMILES string of the molecule is COC(=O)/C=C/Nc1cc(Cl)ccc1C#N. The number of anilines is 1. The fraction of sp³-hybridized carbons (Fsp3) is 0.0909. The van der Waals surface area contributed by atoms with Crippen molar-refractivity contribution in [2.24, 2.45) is 0 Å². The summed E-state index contributed by atoms with van der Waals surface area (Å²) in [6, 6.07) is 6.82. The minimum Gasteiger partial charge on any atom is -0.466 e. The highest BCUT2D eigenvalue weighted by atomic mass is 35.5. The molecule has 0 aliphatic heterocycles. The number of methoxy groups -OCH3 is 1. The molecule has 0 saturated carbocycles. The highest BCUT2D eigenvalue weighted by Gasteiger charge is 2.00. The summed E-state index contributed by atoms with van der Waals surface area (Å²) in [7, 11) is 1.28. The van der Waals surface area contributed by atoms with E-state index < -0.39 is 5.97 Å². The third kappa shape index (κ3) is 3.30. The highest BCUT2D eigenvalue weighted by molar-refractivity contribution is 6.30. The maximum atomic E-state index is 10.8. The van der Waals surface area contributed by atoms with Crippen LogP contribution in [-0.2, 0) is 9.53 Å². The fourth-order valence-corrected chi connectivity index (χ4v) is 1.17. The van der Waals surface area contributed by atoms with Crippen LogP contribution < -0.4 is 5.32 Å². The number of benzene rings is 1. The van der Waals surface area contributed by atoms with Crippen LogP contribution in [0.3, 0.4) is 0 Å². The quantitative estimate of drug-likeness (QED) is 0.646. The molecular weight excluding hydrogens is 228 g/mol. The van der Waals surface area contributed by atoms with E-state index in [9.17, 15) is 4.79 Å². The summed E-state index contributed by atoms with van der Waals surface area (Å²) in [4.78, 5) is 10.8. The number of hydrogen-bond acceptors (Lipinski definition) is 4. The zero-order valence-electron chi connectivity index (χ0n) is 8.53. The van der Waals surface area contributed by atoms with Crippen LogP contribution in [-0.4, -0.2) is 13.1 Å². The van der Waals surface area contributed by atoms with E-state index in [4.69, 9.17) is 16.9 Å². The Balaban J connectivity index is 2.81. The number of nitrogens with zero attached hydrogens (tertiary/aromatic N) is 1. The minimum absolute atomic E-state index is 0.443. The Kier molecular flexibility index (Phi) is 4.37. The van der Waals surface area contributed by atoms with E-state index in [0.717, 1.165) is 0 Å². The summed E-state index contributed by atoms with van der Waals surface area (Å²) >= 11 is 5.78. The smallest absolute Gasteiger partial charge is 0.331 e. The van der Waals surface area contributed by atoms with E-state index >= 15 is 0 Å². The monoisotopic (exact) mass is 236 g/mol. The first-order valence-electron chi connectivity index (χ1n) is 4.38. The Labute approximate surface area is 98.1 Å². The second kappa shape index (κ2) is 5.79. The first kappa shape index (κ1) is 12.1. The number of esters is 1. The van der Waals surface area contributed by atoms with E-state index in [1.54, 1.807) is 18.2 Å². The third-order valence-corrected chi connectivity index (χ3v) is 2.00. The molecule has 0 aliphatic rings. The number of carbonyl (C=O) groups excluding carboxylic acids is 1. The highest BCUT2D eigenvalue weighted by Crippen LogP contribution is 2.20. The second-order valence-corrected chi connectivity index (χ2v) is 3.24. The molecule has 5 heteroatoms. The lowest BCUT2D eigenvalue weighted by Crippen LogP contribution is -1.97. The lowest BCUT2D eigenvalue weighted by molar-refractivity contribution is -0.134. The molecule has 0 fully saturated rings. The van der Waals surface area contributed by atoms with Gasteiger partial charge >= 0.3 is 5.97 Å². The number of nitriles is 1. The normalized spacial score (nSPS) is 9.81. The van der Waals surface area contributed by atoms with Crippen molar-refractivity contribution >= 4 is 23.3 Å². The van der Waals surface area contributed by atoms with Crippen molar-refractivity contribution in [1.82, 2.24) is 0 Å². The molecule has 0 saturated heterocycles. The Morgan fingerprint density at radius 3 is 3.00 bits per heavy atom. The summed E-state index contributed by atoms with van der Waals surface area (Å²) in [6.45, 7) is 0. The van der Waals surface area contributed by atoms with Crippen LogP contribution in [0.1, 0.15) is 5.56 Å². The molecule has 0 spiro atoms. The molecule has 0 radical (unpaired) electrons. The maximum absolute atomic E-state index is 10.8. The van der Waals surface area contributed by atoms with Crippen LogP contribution >= 0.6 is 11.6 Å². The van der Waals surface area contributed by atoms with Crippen molar-refractivity contribution in [1.29, 1.82) is 5.26 Å². The summed E-state index contributed by atoms with van der Waals surface area (Å²) in [5.41, 5.74) is 0.981. The molecule has 0 atom stereocenters. The van der Waals surface area contributed by atoms with Crippen molar-refractivity contribution in [2.75, 3.05) is 12.4 Å². The van der Waals surface area contributed by atoms with Crippen molar-refractivity contribution < 1.29 is 9.53 Å². The topological polar surface area (TPSA) is 62.1 Å². The van der Waals surface area contributed by atoms with Gasteiger partial charge in [0.05, 0.1) is 18.4 Å². The number of nitrogens with one attached hydrogen (secondary N) is 1. The number of carbonyl (C=O) groups is 1. The van der Waals surface area contributed by atoms with Crippen LogP contribution in [0.5, 0.6) is 0 Å².